The van der Waals surface area contributed by atoms with E-state index in [4.69, 9.17) is 15.0 Å². The van der Waals surface area contributed by atoms with Crippen molar-refractivity contribution in [1.82, 2.24) is 15.0 Å². The molecule has 10 rings (SSSR count). The third kappa shape index (κ3) is 3.82. The molecule has 1 unspecified atom stereocenters. The molecule has 2 aliphatic carbocycles. The lowest BCUT2D eigenvalue weighted by molar-refractivity contribution is 0.794. The number of nitrogens with zero attached hydrogens (tertiary/aromatic N) is 4. The Labute approximate surface area is 283 Å². The van der Waals surface area contributed by atoms with Crippen LogP contribution in [0.3, 0.4) is 0 Å². The van der Waals surface area contributed by atoms with E-state index in [1.165, 1.54) is 38.9 Å². The van der Waals surface area contributed by atoms with Gasteiger partial charge < -0.3 is 0 Å². The molecule has 8 aromatic rings. The number of hydrogen-bond donors (Lipinski definition) is 0. The van der Waals surface area contributed by atoms with E-state index in [9.17, 15) is 5.26 Å². The van der Waals surface area contributed by atoms with E-state index in [1.807, 2.05) is 66.7 Å². The second-order valence-corrected chi connectivity index (χ2v) is 12.6. The Hall–Kier alpha value is -6.70. The van der Waals surface area contributed by atoms with Crippen LogP contribution >= 0.6 is 0 Å². The lowest BCUT2D eigenvalue weighted by Crippen LogP contribution is -2.26. The van der Waals surface area contributed by atoms with Gasteiger partial charge in [-0.25, -0.2) is 15.0 Å². The van der Waals surface area contributed by atoms with E-state index in [0.29, 0.717) is 23.0 Å². The Kier molecular flexibility index (Phi) is 5.82. The molecule has 0 radical (unpaired) electrons. The highest BCUT2D eigenvalue weighted by atomic mass is 15.0. The summed E-state index contributed by atoms with van der Waals surface area (Å²) >= 11 is 0. The fourth-order valence-electron chi connectivity index (χ4n) is 8.16. The van der Waals surface area contributed by atoms with E-state index in [-0.39, 0.29) is 0 Å². The van der Waals surface area contributed by atoms with Gasteiger partial charge in [-0.1, -0.05) is 146 Å². The molecule has 0 saturated carbocycles. The summed E-state index contributed by atoms with van der Waals surface area (Å²) in [5.41, 5.74) is 12.3. The van der Waals surface area contributed by atoms with Gasteiger partial charge in [0, 0.05) is 22.1 Å². The summed E-state index contributed by atoms with van der Waals surface area (Å²) in [6, 6.07) is 57.2. The minimum absolute atomic E-state index is 0.615. The first-order chi connectivity index (χ1) is 24.3. The molecule has 4 heteroatoms. The lowest BCUT2D eigenvalue weighted by Gasteiger charge is -2.31. The predicted molar refractivity (Wildman–Crippen MR) is 195 cm³/mol. The van der Waals surface area contributed by atoms with Gasteiger partial charge in [0.15, 0.2) is 17.5 Å². The standard InChI is InChI=1S/C45H26N4/c46-27-31-26-40-41(35-19-8-7-17-32(31)35)36-20-10-12-22-38(36)45(40)37-21-11-9-18-33(37)34-24-23-30(25-39(34)45)44-48-42(28-13-3-1-4-14-28)47-43(49-44)29-15-5-2-6-16-29/h1-26H. The summed E-state index contributed by atoms with van der Waals surface area (Å²) in [6.07, 6.45) is 0. The Morgan fingerprint density at radius 3 is 1.57 bits per heavy atom. The van der Waals surface area contributed by atoms with Crippen molar-refractivity contribution in [2.45, 2.75) is 5.41 Å². The van der Waals surface area contributed by atoms with Gasteiger partial charge in [0.25, 0.3) is 0 Å². The van der Waals surface area contributed by atoms with Crippen LogP contribution < -0.4 is 0 Å². The van der Waals surface area contributed by atoms with E-state index in [0.717, 1.165) is 33.0 Å². The van der Waals surface area contributed by atoms with Crippen LogP contribution in [0.4, 0.5) is 0 Å². The quantitative estimate of drug-likeness (QED) is 0.197. The summed E-state index contributed by atoms with van der Waals surface area (Å²) in [7, 11) is 0. The average Bonchev–Trinajstić information content (AvgIpc) is 3.65. The molecule has 49 heavy (non-hydrogen) atoms. The highest BCUT2D eigenvalue weighted by molar-refractivity contribution is 6.08. The molecule has 0 N–H and O–H groups in total. The fraction of sp³-hybridized carbons (Fsp3) is 0.0222. The van der Waals surface area contributed by atoms with Crippen LogP contribution in [0.2, 0.25) is 0 Å². The monoisotopic (exact) mass is 622 g/mol. The van der Waals surface area contributed by atoms with E-state index >= 15 is 0 Å². The third-order valence-electron chi connectivity index (χ3n) is 10.2. The molecule has 4 nitrogen and oxygen atoms in total. The number of benzene rings is 7. The molecule has 0 saturated heterocycles. The molecule has 226 valence electrons. The Morgan fingerprint density at radius 2 is 0.918 bits per heavy atom. The summed E-state index contributed by atoms with van der Waals surface area (Å²) in [5, 5.41) is 12.5. The average molecular weight is 623 g/mol. The van der Waals surface area contributed by atoms with E-state index in [2.05, 4.69) is 97.1 Å². The van der Waals surface area contributed by atoms with Gasteiger partial charge in [0.1, 0.15) is 0 Å². The number of fused-ring (bicyclic) bond motifs is 12. The zero-order chi connectivity index (χ0) is 32.5. The van der Waals surface area contributed by atoms with Crippen molar-refractivity contribution < 1.29 is 0 Å². The highest BCUT2D eigenvalue weighted by Gasteiger charge is 2.52. The number of nitriles is 1. The van der Waals surface area contributed by atoms with Crippen molar-refractivity contribution in [3.05, 3.63) is 186 Å². The van der Waals surface area contributed by atoms with Crippen LogP contribution in [0, 0.1) is 11.3 Å². The molecule has 1 heterocycles. The van der Waals surface area contributed by atoms with Crippen molar-refractivity contribution in [3.63, 3.8) is 0 Å². The normalized spacial score (nSPS) is 15.0. The molecule has 1 atom stereocenters. The molecule has 0 amide bonds. The molecule has 0 aliphatic heterocycles. The van der Waals surface area contributed by atoms with Crippen molar-refractivity contribution in [2.24, 2.45) is 0 Å². The molecular formula is C45H26N4. The first-order valence-corrected chi connectivity index (χ1v) is 16.4. The summed E-state index contributed by atoms with van der Waals surface area (Å²) < 4.78 is 0. The second-order valence-electron chi connectivity index (χ2n) is 12.6. The number of aromatic nitrogens is 3. The van der Waals surface area contributed by atoms with Gasteiger partial charge in [-0.05, 0) is 62.0 Å². The van der Waals surface area contributed by atoms with Crippen LogP contribution in [-0.4, -0.2) is 15.0 Å². The van der Waals surface area contributed by atoms with Gasteiger partial charge >= 0.3 is 0 Å². The number of hydrogen-bond acceptors (Lipinski definition) is 4. The summed E-state index contributed by atoms with van der Waals surface area (Å²) in [4.78, 5) is 15.1. The van der Waals surface area contributed by atoms with Gasteiger partial charge in [-0.15, -0.1) is 0 Å². The zero-order valence-corrected chi connectivity index (χ0v) is 26.3. The molecule has 0 bridgehead atoms. The van der Waals surface area contributed by atoms with Crippen LogP contribution in [0.25, 0.3) is 67.2 Å². The Morgan fingerprint density at radius 1 is 0.408 bits per heavy atom. The van der Waals surface area contributed by atoms with Crippen LogP contribution in [0.15, 0.2) is 158 Å². The van der Waals surface area contributed by atoms with E-state index < -0.39 is 5.41 Å². The van der Waals surface area contributed by atoms with Crippen LogP contribution in [0.5, 0.6) is 0 Å². The minimum atomic E-state index is -0.624. The van der Waals surface area contributed by atoms with Crippen molar-refractivity contribution in [2.75, 3.05) is 0 Å². The third-order valence-corrected chi connectivity index (χ3v) is 10.2. The minimum Gasteiger partial charge on any atom is -0.208 e. The first kappa shape index (κ1) is 27.4. The first-order valence-electron chi connectivity index (χ1n) is 16.4. The zero-order valence-electron chi connectivity index (χ0n) is 26.3. The lowest BCUT2D eigenvalue weighted by atomic mass is 9.70. The molecule has 1 aromatic heterocycles. The largest absolute Gasteiger partial charge is 0.208 e. The molecule has 0 fully saturated rings. The number of rotatable bonds is 3. The topological polar surface area (TPSA) is 62.5 Å². The molecule has 1 spiro atoms. The van der Waals surface area contributed by atoms with Gasteiger partial charge in [-0.3, -0.25) is 0 Å². The molecular weight excluding hydrogens is 597 g/mol. The summed E-state index contributed by atoms with van der Waals surface area (Å²) in [5.74, 6) is 1.87. The smallest absolute Gasteiger partial charge is 0.164 e. The maximum absolute atomic E-state index is 10.5. The second kappa shape index (κ2) is 10.4. The van der Waals surface area contributed by atoms with Gasteiger partial charge in [-0.2, -0.15) is 5.26 Å². The van der Waals surface area contributed by atoms with Crippen LogP contribution in [0.1, 0.15) is 27.8 Å². The predicted octanol–water partition coefficient (Wildman–Crippen LogP) is 10.2. The Bertz CT molecular complexity index is 2620. The fourth-order valence-corrected chi connectivity index (χ4v) is 8.16. The van der Waals surface area contributed by atoms with Gasteiger partial charge in [0.2, 0.25) is 0 Å². The van der Waals surface area contributed by atoms with Crippen molar-refractivity contribution in [1.29, 1.82) is 5.26 Å². The van der Waals surface area contributed by atoms with Crippen molar-refractivity contribution >= 4 is 10.8 Å². The van der Waals surface area contributed by atoms with E-state index in [1.54, 1.807) is 0 Å². The highest BCUT2D eigenvalue weighted by Crippen LogP contribution is 2.64. The maximum atomic E-state index is 10.5. The van der Waals surface area contributed by atoms with Crippen molar-refractivity contribution in [3.8, 4) is 62.5 Å². The van der Waals surface area contributed by atoms with Gasteiger partial charge in [0.05, 0.1) is 17.0 Å². The van der Waals surface area contributed by atoms with Crippen LogP contribution in [-0.2, 0) is 5.41 Å². The molecule has 2 aliphatic rings. The SMILES string of the molecule is N#Cc1cc2c(c3ccccc13)-c1ccccc1C21c2ccccc2-c2ccc(-c3nc(-c4ccccc4)nc(-c4ccccc4)n3)cc21. The Balaban J connectivity index is 1.29. The summed E-state index contributed by atoms with van der Waals surface area (Å²) in [6.45, 7) is 0. The molecule has 7 aromatic carbocycles. The maximum Gasteiger partial charge on any atom is 0.164 e.